The SMILES string of the molecule is CCCc1ccc(-c2ccc(Cl)cc2CNC(C)C)cc1. The molecule has 1 nitrogen and oxygen atoms in total. The molecule has 112 valence electrons. The van der Waals surface area contributed by atoms with Crippen molar-refractivity contribution in [3.63, 3.8) is 0 Å². The summed E-state index contributed by atoms with van der Waals surface area (Å²) in [6, 6.07) is 15.5. The fourth-order valence-corrected chi connectivity index (χ4v) is 2.64. The molecule has 1 N–H and O–H groups in total. The second-order valence-electron chi connectivity index (χ2n) is 5.78. The number of benzene rings is 2. The van der Waals surface area contributed by atoms with Crippen LogP contribution in [0.5, 0.6) is 0 Å². The Morgan fingerprint density at radius 1 is 1.05 bits per heavy atom. The van der Waals surface area contributed by atoms with Crippen LogP contribution in [0.25, 0.3) is 11.1 Å². The van der Waals surface area contributed by atoms with E-state index in [2.05, 4.69) is 62.5 Å². The van der Waals surface area contributed by atoms with E-state index < -0.39 is 0 Å². The third kappa shape index (κ3) is 4.59. The Kier molecular flexibility index (Phi) is 5.84. The quantitative estimate of drug-likeness (QED) is 0.747. The second kappa shape index (κ2) is 7.63. The van der Waals surface area contributed by atoms with E-state index in [0.29, 0.717) is 6.04 Å². The first-order valence-corrected chi connectivity index (χ1v) is 8.09. The van der Waals surface area contributed by atoms with Gasteiger partial charge in [0.05, 0.1) is 0 Å². The van der Waals surface area contributed by atoms with E-state index in [1.54, 1.807) is 0 Å². The minimum atomic E-state index is 0.462. The van der Waals surface area contributed by atoms with Gasteiger partial charge in [-0.1, -0.05) is 69.1 Å². The van der Waals surface area contributed by atoms with Crippen molar-refractivity contribution < 1.29 is 0 Å². The Morgan fingerprint density at radius 3 is 2.38 bits per heavy atom. The zero-order valence-electron chi connectivity index (χ0n) is 13.1. The summed E-state index contributed by atoms with van der Waals surface area (Å²) in [5, 5.41) is 4.27. The maximum atomic E-state index is 6.16. The lowest BCUT2D eigenvalue weighted by Gasteiger charge is -2.14. The summed E-state index contributed by atoms with van der Waals surface area (Å²) in [7, 11) is 0. The number of nitrogens with one attached hydrogen (secondary N) is 1. The Balaban J connectivity index is 2.29. The molecule has 0 heterocycles. The summed E-state index contributed by atoms with van der Waals surface area (Å²) < 4.78 is 0. The van der Waals surface area contributed by atoms with Crippen LogP contribution in [0.1, 0.15) is 38.3 Å². The molecule has 0 aliphatic rings. The number of rotatable bonds is 6. The van der Waals surface area contributed by atoms with E-state index in [0.717, 1.165) is 18.0 Å². The van der Waals surface area contributed by atoms with Crippen LogP contribution < -0.4 is 5.32 Å². The molecule has 0 spiro atoms. The van der Waals surface area contributed by atoms with E-state index in [9.17, 15) is 0 Å². The first-order chi connectivity index (χ1) is 10.1. The van der Waals surface area contributed by atoms with E-state index >= 15 is 0 Å². The van der Waals surface area contributed by atoms with E-state index in [-0.39, 0.29) is 0 Å². The summed E-state index contributed by atoms with van der Waals surface area (Å²) >= 11 is 6.16. The van der Waals surface area contributed by atoms with E-state index in [1.807, 2.05) is 6.07 Å². The Labute approximate surface area is 133 Å². The molecule has 2 rings (SSSR count). The van der Waals surface area contributed by atoms with Gasteiger partial charge in [-0.05, 0) is 40.8 Å². The van der Waals surface area contributed by atoms with Crippen LogP contribution in [0.2, 0.25) is 5.02 Å². The minimum Gasteiger partial charge on any atom is -0.310 e. The highest BCUT2D eigenvalue weighted by Gasteiger charge is 2.07. The monoisotopic (exact) mass is 301 g/mol. The zero-order chi connectivity index (χ0) is 15.2. The molecule has 0 amide bonds. The summed E-state index contributed by atoms with van der Waals surface area (Å²) in [5.41, 5.74) is 5.17. The Hall–Kier alpha value is -1.31. The minimum absolute atomic E-state index is 0.462. The van der Waals surface area contributed by atoms with Gasteiger partial charge in [-0.15, -0.1) is 0 Å². The van der Waals surface area contributed by atoms with Crippen molar-refractivity contribution in [2.45, 2.75) is 46.2 Å². The summed E-state index contributed by atoms with van der Waals surface area (Å²) in [6.07, 6.45) is 2.33. The maximum Gasteiger partial charge on any atom is 0.0409 e. The maximum absolute atomic E-state index is 6.16. The molecule has 0 fully saturated rings. The van der Waals surface area contributed by atoms with Crippen molar-refractivity contribution in [2.75, 3.05) is 0 Å². The highest BCUT2D eigenvalue weighted by Crippen LogP contribution is 2.27. The van der Waals surface area contributed by atoms with Crippen LogP contribution in [-0.4, -0.2) is 6.04 Å². The summed E-state index contributed by atoms with van der Waals surface area (Å²) in [5.74, 6) is 0. The van der Waals surface area contributed by atoms with Gasteiger partial charge < -0.3 is 5.32 Å². The molecule has 0 saturated heterocycles. The van der Waals surface area contributed by atoms with Crippen molar-refractivity contribution in [3.8, 4) is 11.1 Å². The molecule has 0 unspecified atom stereocenters. The van der Waals surface area contributed by atoms with Gasteiger partial charge in [0.15, 0.2) is 0 Å². The van der Waals surface area contributed by atoms with Gasteiger partial charge >= 0.3 is 0 Å². The lowest BCUT2D eigenvalue weighted by molar-refractivity contribution is 0.589. The van der Waals surface area contributed by atoms with Crippen molar-refractivity contribution in [1.82, 2.24) is 5.32 Å². The Morgan fingerprint density at radius 2 is 1.76 bits per heavy atom. The van der Waals surface area contributed by atoms with Gasteiger partial charge in [-0.25, -0.2) is 0 Å². The van der Waals surface area contributed by atoms with Crippen molar-refractivity contribution >= 4 is 11.6 Å². The molecular formula is C19H24ClN. The van der Waals surface area contributed by atoms with Crippen LogP contribution in [0.3, 0.4) is 0 Å². The van der Waals surface area contributed by atoms with Crippen molar-refractivity contribution in [2.24, 2.45) is 0 Å². The molecule has 0 atom stereocenters. The highest BCUT2D eigenvalue weighted by molar-refractivity contribution is 6.30. The number of halogens is 1. The van der Waals surface area contributed by atoms with Crippen molar-refractivity contribution in [1.29, 1.82) is 0 Å². The summed E-state index contributed by atoms with van der Waals surface area (Å²) in [6.45, 7) is 7.36. The number of aryl methyl sites for hydroxylation is 1. The molecule has 0 bridgehead atoms. The second-order valence-corrected chi connectivity index (χ2v) is 6.22. The molecule has 0 aliphatic heterocycles. The lowest BCUT2D eigenvalue weighted by atomic mass is 9.97. The van der Waals surface area contributed by atoms with Gasteiger partial charge in [-0.2, -0.15) is 0 Å². The largest absolute Gasteiger partial charge is 0.310 e. The first-order valence-electron chi connectivity index (χ1n) is 7.71. The van der Waals surface area contributed by atoms with Crippen molar-refractivity contribution in [3.05, 3.63) is 58.6 Å². The van der Waals surface area contributed by atoms with Crippen LogP contribution >= 0.6 is 11.6 Å². The highest BCUT2D eigenvalue weighted by atomic mass is 35.5. The van der Waals surface area contributed by atoms with E-state index in [4.69, 9.17) is 11.6 Å². The van der Waals surface area contributed by atoms with Gasteiger partial charge in [0.2, 0.25) is 0 Å². The van der Waals surface area contributed by atoms with Gasteiger partial charge in [0.1, 0.15) is 0 Å². The van der Waals surface area contributed by atoms with Gasteiger partial charge in [-0.3, -0.25) is 0 Å². The van der Waals surface area contributed by atoms with E-state index in [1.165, 1.54) is 28.7 Å². The smallest absolute Gasteiger partial charge is 0.0409 e. The molecule has 21 heavy (non-hydrogen) atoms. The predicted octanol–water partition coefficient (Wildman–Crippen LogP) is 5.46. The van der Waals surface area contributed by atoms with Gasteiger partial charge in [0, 0.05) is 17.6 Å². The number of hydrogen-bond donors (Lipinski definition) is 1. The lowest BCUT2D eigenvalue weighted by Crippen LogP contribution is -2.22. The van der Waals surface area contributed by atoms with Crippen LogP contribution in [0.15, 0.2) is 42.5 Å². The van der Waals surface area contributed by atoms with Gasteiger partial charge in [0.25, 0.3) is 0 Å². The normalized spacial score (nSPS) is 11.1. The predicted molar refractivity (Wildman–Crippen MR) is 92.9 cm³/mol. The molecule has 0 radical (unpaired) electrons. The van der Waals surface area contributed by atoms with Crippen LogP contribution in [0.4, 0.5) is 0 Å². The molecule has 2 aromatic carbocycles. The average molecular weight is 302 g/mol. The third-order valence-electron chi connectivity index (χ3n) is 3.57. The Bertz CT molecular complexity index is 573. The van der Waals surface area contributed by atoms with Crippen LogP contribution in [0, 0.1) is 0 Å². The summed E-state index contributed by atoms with van der Waals surface area (Å²) in [4.78, 5) is 0. The molecular weight excluding hydrogens is 278 g/mol. The fourth-order valence-electron chi connectivity index (χ4n) is 2.44. The van der Waals surface area contributed by atoms with Crippen LogP contribution in [-0.2, 0) is 13.0 Å². The first kappa shape index (κ1) is 16.1. The molecule has 2 aromatic rings. The average Bonchev–Trinajstić information content (AvgIpc) is 2.46. The zero-order valence-corrected chi connectivity index (χ0v) is 13.9. The molecule has 2 heteroatoms. The topological polar surface area (TPSA) is 12.0 Å². The number of hydrogen-bond acceptors (Lipinski definition) is 1. The molecule has 0 aliphatic carbocycles. The third-order valence-corrected chi connectivity index (χ3v) is 3.81. The fraction of sp³-hybridized carbons (Fsp3) is 0.368. The molecule has 0 saturated carbocycles. The standard InChI is InChI=1S/C19H24ClN/c1-4-5-15-6-8-16(9-7-15)19-11-10-18(20)12-17(19)13-21-14(2)3/h6-12,14,21H,4-5,13H2,1-3H3. The molecule has 0 aromatic heterocycles.